The standard InChI is InChI=1S/C11H14FNO5S/c1-17-6-7-18-8-11(14)13-9-4-2-3-5-10(9)19(12,15)16/h2-5H,6-8H2,1H3,(H,13,14). The number of rotatable bonds is 7. The number of anilines is 1. The number of carbonyl (C=O) groups is 1. The van der Waals surface area contributed by atoms with Gasteiger partial charge in [0.15, 0.2) is 0 Å². The van der Waals surface area contributed by atoms with Crippen molar-refractivity contribution in [3.8, 4) is 0 Å². The highest BCUT2D eigenvalue weighted by atomic mass is 32.3. The van der Waals surface area contributed by atoms with E-state index in [9.17, 15) is 17.1 Å². The van der Waals surface area contributed by atoms with Gasteiger partial charge in [0.05, 0.1) is 18.9 Å². The molecule has 8 heteroatoms. The fraction of sp³-hybridized carbons (Fsp3) is 0.364. The highest BCUT2D eigenvalue weighted by molar-refractivity contribution is 7.86. The minimum Gasteiger partial charge on any atom is -0.382 e. The molecule has 0 aromatic heterocycles. The summed E-state index contributed by atoms with van der Waals surface area (Å²) in [6.07, 6.45) is 0. The molecular weight excluding hydrogens is 277 g/mol. The van der Waals surface area contributed by atoms with Gasteiger partial charge in [-0.3, -0.25) is 4.79 Å². The van der Waals surface area contributed by atoms with Crippen molar-refractivity contribution in [3.63, 3.8) is 0 Å². The number of halogens is 1. The van der Waals surface area contributed by atoms with E-state index in [-0.39, 0.29) is 18.9 Å². The molecule has 0 heterocycles. The van der Waals surface area contributed by atoms with Gasteiger partial charge in [0.25, 0.3) is 0 Å². The number of hydrogen-bond donors (Lipinski definition) is 1. The van der Waals surface area contributed by atoms with Crippen LogP contribution in [-0.2, 0) is 24.5 Å². The van der Waals surface area contributed by atoms with Crippen molar-refractivity contribution >= 4 is 21.8 Å². The molecule has 19 heavy (non-hydrogen) atoms. The van der Waals surface area contributed by atoms with E-state index in [1.54, 1.807) is 0 Å². The molecule has 0 bridgehead atoms. The van der Waals surface area contributed by atoms with Crippen LogP contribution in [0.3, 0.4) is 0 Å². The number of methoxy groups -OCH3 is 1. The van der Waals surface area contributed by atoms with E-state index in [0.29, 0.717) is 6.61 Å². The van der Waals surface area contributed by atoms with E-state index in [2.05, 4.69) is 5.32 Å². The van der Waals surface area contributed by atoms with Crippen molar-refractivity contribution in [2.24, 2.45) is 0 Å². The van der Waals surface area contributed by atoms with Crippen LogP contribution in [0, 0.1) is 0 Å². The number of hydrogen-bond acceptors (Lipinski definition) is 5. The quantitative estimate of drug-likeness (QED) is 0.597. The maximum atomic E-state index is 13.0. The van der Waals surface area contributed by atoms with Gasteiger partial charge in [-0.2, -0.15) is 8.42 Å². The molecular formula is C11H14FNO5S. The third-order valence-corrected chi connectivity index (χ3v) is 2.97. The summed E-state index contributed by atoms with van der Waals surface area (Å²) in [4.78, 5) is 10.9. The summed E-state index contributed by atoms with van der Waals surface area (Å²) < 4.78 is 44.4. The predicted molar refractivity (Wildman–Crippen MR) is 66.1 cm³/mol. The maximum absolute atomic E-state index is 13.0. The minimum absolute atomic E-state index is 0.120. The second-order valence-corrected chi connectivity index (χ2v) is 4.84. The Hall–Kier alpha value is -1.51. The predicted octanol–water partition coefficient (Wildman–Crippen LogP) is 0.946. The molecule has 1 aromatic carbocycles. The van der Waals surface area contributed by atoms with Crippen molar-refractivity contribution in [2.75, 3.05) is 32.2 Å². The van der Waals surface area contributed by atoms with Crippen molar-refractivity contribution < 1.29 is 26.6 Å². The number of ether oxygens (including phenoxy) is 2. The Balaban J connectivity index is 2.65. The molecule has 1 aromatic rings. The van der Waals surface area contributed by atoms with E-state index < -0.39 is 21.0 Å². The van der Waals surface area contributed by atoms with E-state index in [4.69, 9.17) is 9.47 Å². The van der Waals surface area contributed by atoms with Crippen LogP contribution < -0.4 is 5.32 Å². The van der Waals surface area contributed by atoms with Gasteiger partial charge in [0.1, 0.15) is 11.5 Å². The molecule has 0 saturated carbocycles. The van der Waals surface area contributed by atoms with Crippen molar-refractivity contribution in [3.05, 3.63) is 24.3 Å². The highest BCUT2D eigenvalue weighted by Gasteiger charge is 2.17. The molecule has 0 aliphatic heterocycles. The van der Waals surface area contributed by atoms with Gasteiger partial charge in [0.2, 0.25) is 5.91 Å². The monoisotopic (exact) mass is 291 g/mol. The van der Waals surface area contributed by atoms with Crippen LogP contribution in [0.4, 0.5) is 9.57 Å². The summed E-state index contributed by atoms with van der Waals surface area (Å²) in [6.45, 7) is 0.291. The Bertz CT molecular complexity index is 532. The number of amides is 1. The van der Waals surface area contributed by atoms with Crippen molar-refractivity contribution in [1.82, 2.24) is 0 Å². The Morgan fingerprint density at radius 3 is 2.63 bits per heavy atom. The first-order valence-electron chi connectivity index (χ1n) is 5.35. The molecule has 0 saturated heterocycles. The smallest absolute Gasteiger partial charge is 0.334 e. The summed E-state index contributed by atoms with van der Waals surface area (Å²) in [5.74, 6) is -0.577. The van der Waals surface area contributed by atoms with Gasteiger partial charge in [-0.25, -0.2) is 0 Å². The first kappa shape index (κ1) is 15.5. The van der Waals surface area contributed by atoms with E-state index >= 15 is 0 Å². The van der Waals surface area contributed by atoms with Crippen molar-refractivity contribution in [2.45, 2.75) is 4.90 Å². The second kappa shape index (κ2) is 7.17. The normalized spacial score (nSPS) is 11.3. The number of benzene rings is 1. The molecule has 0 radical (unpaired) electrons. The van der Waals surface area contributed by atoms with Gasteiger partial charge in [-0.1, -0.05) is 12.1 Å². The Kier molecular flexibility index (Phi) is 5.87. The molecule has 1 amide bonds. The molecule has 0 aliphatic rings. The topological polar surface area (TPSA) is 81.7 Å². The third kappa shape index (κ3) is 5.33. The van der Waals surface area contributed by atoms with Crippen LogP contribution in [0.1, 0.15) is 0 Å². The molecule has 0 aliphatic carbocycles. The molecule has 6 nitrogen and oxygen atoms in total. The molecule has 0 fully saturated rings. The largest absolute Gasteiger partial charge is 0.382 e. The third-order valence-electron chi connectivity index (χ3n) is 2.09. The molecule has 0 spiro atoms. The lowest BCUT2D eigenvalue weighted by atomic mass is 10.3. The zero-order valence-electron chi connectivity index (χ0n) is 10.3. The lowest BCUT2D eigenvalue weighted by Gasteiger charge is -2.08. The summed E-state index contributed by atoms with van der Waals surface area (Å²) in [5.41, 5.74) is -0.120. The fourth-order valence-corrected chi connectivity index (χ4v) is 1.90. The summed E-state index contributed by atoms with van der Waals surface area (Å²) in [7, 11) is -3.39. The Labute approximate surface area is 110 Å². The van der Waals surface area contributed by atoms with Crippen molar-refractivity contribution in [1.29, 1.82) is 0 Å². The summed E-state index contributed by atoms with van der Waals surface area (Å²) >= 11 is 0. The van der Waals surface area contributed by atoms with Crippen LogP contribution in [0.25, 0.3) is 0 Å². The number of carbonyl (C=O) groups excluding carboxylic acids is 1. The lowest BCUT2D eigenvalue weighted by Crippen LogP contribution is -2.20. The number of nitrogens with one attached hydrogen (secondary N) is 1. The van der Waals surface area contributed by atoms with E-state index in [0.717, 1.165) is 6.07 Å². The minimum atomic E-state index is -4.88. The Morgan fingerprint density at radius 2 is 2.00 bits per heavy atom. The first-order valence-corrected chi connectivity index (χ1v) is 6.73. The molecule has 0 atom stereocenters. The van der Waals surface area contributed by atoms with Crippen LogP contribution >= 0.6 is 0 Å². The van der Waals surface area contributed by atoms with Crippen LogP contribution in [-0.4, -0.2) is 41.3 Å². The average Bonchev–Trinajstić information content (AvgIpc) is 2.34. The Morgan fingerprint density at radius 1 is 1.32 bits per heavy atom. The summed E-state index contributed by atoms with van der Waals surface area (Å²) in [6, 6.07) is 5.20. The second-order valence-electron chi connectivity index (χ2n) is 3.53. The first-order chi connectivity index (χ1) is 8.95. The maximum Gasteiger partial charge on any atom is 0.334 e. The van der Waals surface area contributed by atoms with Gasteiger partial charge in [-0.05, 0) is 12.1 Å². The van der Waals surface area contributed by atoms with Gasteiger partial charge in [-0.15, -0.1) is 3.89 Å². The van der Waals surface area contributed by atoms with E-state index in [1.165, 1.54) is 25.3 Å². The lowest BCUT2D eigenvalue weighted by molar-refractivity contribution is -0.121. The van der Waals surface area contributed by atoms with E-state index in [1.807, 2.05) is 0 Å². The fourth-order valence-electron chi connectivity index (χ4n) is 1.28. The zero-order chi connectivity index (χ0) is 14.3. The molecule has 1 N–H and O–H groups in total. The highest BCUT2D eigenvalue weighted by Crippen LogP contribution is 2.22. The summed E-state index contributed by atoms with van der Waals surface area (Å²) in [5, 5.41) is 2.27. The average molecular weight is 291 g/mol. The van der Waals surface area contributed by atoms with Crippen LogP contribution in [0.15, 0.2) is 29.2 Å². The number of para-hydroxylation sites is 1. The zero-order valence-corrected chi connectivity index (χ0v) is 11.1. The van der Waals surface area contributed by atoms with Gasteiger partial charge in [0, 0.05) is 7.11 Å². The van der Waals surface area contributed by atoms with Crippen LogP contribution in [0.2, 0.25) is 0 Å². The SMILES string of the molecule is COCCOCC(=O)Nc1ccccc1S(=O)(=O)F. The molecule has 106 valence electrons. The van der Waals surface area contributed by atoms with Gasteiger partial charge >= 0.3 is 10.2 Å². The molecule has 0 unspecified atom stereocenters. The molecule has 1 rings (SSSR count). The van der Waals surface area contributed by atoms with Crippen LogP contribution in [0.5, 0.6) is 0 Å². The van der Waals surface area contributed by atoms with Gasteiger partial charge < -0.3 is 14.8 Å².